The van der Waals surface area contributed by atoms with Crippen LogP contribution in [-0.4, -0.2) is 0 Å². The molecule has 0 atom stereocenters. The number of hydrogen-bond acceptors (Lipinski definition) is 0. The van der Waals surface area contributed by atoms with Crippen LogP contribution in [0.4, 0.5) is 0 Å². The van der Waals surface area contributed by atoms with E-state index < -0.39 is 0 Å². The van der Waals surface area contributed by atoms with Gasteiger partial charge in [-0.25, -0.2) is 0 Å². The molecule has 0 aromatic heterocycles. The molecule has 0 rings (SSSR count). The van der Waals surface area contributed by atoms with E-state index >= 15 is 0 Å². The SMILES string of the molecule is C=C/C=C(\C=C)CCC=C. The molecule has 10 heavy (non-hydrogen) atoms. The molecule has 0 bridgehead atoms. The molecule has 0 heterocycles. The highest BCUT2D eigenvalue weighted by Crippen LogP contribution is 2.05. The van der Waals surface area contributed by atoms with Crippen molar-refractivity contribution in [1.29, 1.82) is 0 Å². The molecule has 0 aliphatic rings. The summed E-state index contributed by atoms with van der Waals surface area (Å²) in [5, 5.41) is 0. The summed E-state index contributed by atoms with van der Waals surface area (Å²) in [5.74, 6) is 0. The lowest BCUT2D eigenvalue weighted by molar-refractivity contribution is 1.01. The molecule has 54 valence electrons. The maximum Gasteiger partial charge on any atom is -0.0244 e. The summed E-state index contributed by atoms with van der Waals surface area (Å²) in [7, 11) is 0. The third-order valence-electron chi connectivity index (χ3n) is 1.23. The zero-order chi connectivity index (χ0) is 7.82. The normalized spacial score (nSPS) is 10.6. The third-order valence-corrected chi connectivity index (χ3v) is 1.23. The van der Waals surface area contributed by atoms with Gasteiger partial charge in [-0.3, -0.25) is 0 Å². The molecular weight excluding hydrogens is 120 g/mol. The van der Waals surface area contributed by atoms with Gasteiger partial charge in [0, 0.05) is 0 Å². The van der Waals surface area contributed by atoms with Crippen molar-refractivity contribution in [3.8, 4) is 0 Å². The van der Waals surface area contributed by atoms with Crippen LogP contribution in [0.3, 0.4) is 0 Å². The quantitative estimate of drug-likeness (QED) is 0.400. The summed E-state index contributed by atoms with van der Waals surface area (Å²) in [6.45, 7) is 10.9. The Morgan fingerprint density at radius 1 is 1.20 bits per heavy atom. The molecule has 0 aromatic carbocycles. The highest BCUT2D eigenvalue weighted by molar-refractivity contribution is 5.21. The summed E-state index contributed by atoms with van der Waals surface area (Å²) in [6, 6.07) is 0. The highest BCUT2D eigenvalue weighted by Gasteiger charge is 1.85. The minimum absolute atomic E-state index is 1.01. The Labute approximate surface area is 63.3 Å². The van der Waals surface area contributed by atoms with Gasteiger partial charge in [-0.2, -0.15) is 0 Å². The van der Waals surface area contributed by atoms with Crippen LogP contribution >= 0.6 is 0 Å². The van der Waals surface area contributed by atoms with Crippen LogP contribution in [0, 0.1) is 0 Å². The van der Waals surface area contributed by atoms with Crippen LogP contribution in [-0.2, 0) is 0 Å². The van der Waals surface area contributed by atoms with Crippen LogP contribution in [0.5, 0.6) is 0 Å². The summed E-state index contributed by atoms with van der Waals surface area (Å²) < 4.78 is 0. The van der Waals surface area contributed by atoms with Gasteiger partial charge in [0.2, 0.25) is 0 Å². The van der Waals surface area contributed by atoms with Gasteiger partial charge in [-0.1, -0.05) is 37.5 Å². The van der Waals surface area contributed by atoms with Crippen molar-refractivity contribution in [2.24, 2.45) is 0 Å². The molecule has 0 unspecified atom stereocenters. The Balaban J connectivity index is 3.81. The van der Waals surface area contributed by atoms with Gasteiger partial charge in [0.1, 0.15) is 0 Å². The Hall–Kier alpha value is -1.04. The van der Waals surface area contributed by atoms with Crippen molar-refractivity contribution in [3.05, 3.63) is 49.6 Å². The van der Waals surface area contributed by atoms with Crippen LogP contribution in [0.2, 0.25) is 0 Å². The van der Waals surface area contributed by atoms with E-state index in [9.17, 15) is 0 Å². The van der Waals surface area contributed by atoms with E-state index in [0.717, 1.165) is 12.8 Å². The van der Waals surface area contributed by atoms with Crippen molar-refractivity contribution in [2.75, 3.05) is 0 Å². The van der Waals surface area contributed by atoms with Crippen LogP contribution in [0.1, 0.15) is 12.8 Å². The Kier molecular flexibility index (Phi) is 5.45. The first-order valence-electron chi connectivity index (χ1n) is 3.40. The molecule has 0 saturated heterocycles. The molecule has 0 amide bonds. The van der Waals surface area contributed by atoms with E-state index in [1.54, 1.807) is 6.08 Å². The van der Waals surface area contributed by atoms with Crippen LogP contribution < -0.4 is 0 Å². The molecule has 0 fully saturated rings. The molecule has 0 aliphatic carbocycles. The molecule has 0 aromatic rings. The van der Waals surface area contributed by atoms with E-state index in [4.69, 9.17) is 0 Å². The van der Waals surface area contributed by atoms with Gasteiger partial charge >= 0.3 is 0 Å². The van der Waals surface area contributed by atoms with E-state index in [1.165, 1.54) is 5.57 Å². The van der Waals surface area contributed by atoms with Crippen LogP contribution in [0.15, 0.2) is 49.6 Å². The minimum atomic E-state index is 1.01. The predicted molar refractivity (Wildman–Crippen MR) is 47.9 cm³/mol. The first-order chi connectivity index (χ1) is 4.85. The van der Waals surface area contributed by atoms with Gasteiger partial charge in [0.25, 0.3) is 0 Å². The maximum absolute atomic E-state index is 3.68. The van der Waals surface area contributed by atoms with Crippen molar-refractivity contribution >= 4 is 0 Å². The summed E-state index contributed by atoms with van der Waals surface area (Å²) in [6.07, 6.45) is 9.52. The molecule has 0 N–H and O–H groups in total. The van der Waals surface area contributed by atoms with Crippen LogP contribution in [0.25, 0.3) is 0 Å². The van der Waals surface area contributed by atoms with E-state index in [-0.39, 0.29) is 0 Å². The van der Waals surface area contributed by atoms with E-state index in [0.29, 0.717) is 0 Å². The van der Waals surface area contributed by atoms with E-state index in [1.807, 2.05) is 18.2 Å². The maximum atomic E-state index is 3.68. The first kappa shape index (κ1) is 8.96. The Morgan fingerprint density at radius 2 is 1.90 bits per heavy atom. The minimum Gasteiger partial charge on any atom is -0.103 e. The van der Waals surface area contributed by atoms with Gasteiger partial charge in [0.15, 0.2) is 0 Å². The molecule has 0 heteroatoms. The second-order valence-electron chi connectivity index (χ2n) is 2.01. The fraction of sp³-hybridized carbons (Fsp3) is 0.200. The van der Waals surface area contributed by atoms with Crippen molar-refractivity contribution in [1.82, 2.24) is 0 Å². The highest BCUT2D eigenvalue weighted by atomic mass is 13.9. The monoisotopic (exact) mass is 134 g/mol. The molecule has 0 saturated carbocycles. The topological polar surface area (TPSA) is 0 Å². The largest absolute Gasteiger partial charge is 0.103 e. The lowest BCUT2D eigenvalue weighted by atomic mass is 10.1. The smallest absolute Gasteiger partial charge is 0.0244 e. The van der Waals surface area contributed by atoms with Gasteiger partial charge in [-0.05, 0) is 18.4 Å². The molecular formula is C10H14. The molecule has 0 aliphatic heterocycles. The summed E-state index contributed by atoms with van der Waals surface area (Å²) in [4.78, 5) is 0. The molecule has 0 radical (unpaired) electrons. The van der Waals surface area contributed by atoms with Gasteiger partial charge in [-0.15, -0.1) is 6.58 Å². The summed E-state index contributed by atoms with van der Waals surface area (Å²) >= 11 is 0. The first-order valence-corrected chi connectivity index (χ1v) is 3.40. The van der Waals surface area contributed by atoms with Gasteiger partial charge in [0.05, 0.1) is 0 Å². The predicted octanol–water partition coefficient (Wildman–Crippen LogP) is 3.25. The zero-order valence-electron chi connectivity index (χ0n) is 6.34. The fourth-order valence-electron chi connectivity index (χ4n) is 0.674. The van der Waals surface area contributed by atoms with Crippen molar-refractivity contribution in [2.45, 2.75) is 12.8 Å². The summed E-state index contributed by atoms with van der Waals surface area (Å²) in [5.41, 5.74) is 1.22. The lowest BCUT2D eigenvalue weighted by Crippen LogP contribution is -1.74. The Morgan fingerprint density at radius 3 is 2.30 bits per heavy atom. The Bertz CT molecular complexity index is 149. The van der Waals surface area contributed by atoms with Crippen molar-refractivity contribution in [3.63, 3.8) is 0 Å². The zero-order valence-corrected chi connectivity index (χ0v) is 6.34. The second kappa shape index (κ2) is 6.09. The lowest BCUT2D eigenvalue weighted by Gasteiger charge is -1.94. The van der Waals surface area contributed by atoms with Gasteiger partial charge < -0.3 is 0 Å². The average Bonchev–Trinajstić information content (AvgIpc) is 1.98. The average molecular weight is 134 g/mol. The number of allylic oxidation sites excluding steroid dienone is 5. The van der Waals surface area contributed by atoms with E-state index in [2.05, 4.69) is 19.7 Å². The fourth-order valence-corrected chi connectivity index (χ4v) is 0.674. The standard InChI is InChI=1S/C10H14/c1-4-7-9-10(6-3)8-5-2/h4-6,8H,1-3,7,9H2/b10-8+. The molecule has 0 nitrogen and oxygen atoms in total. The number of rotatable bonds is 5. The van der Waals surface area contributed by atoms with Crippen molar-refractivity contribution < 1.29 is 0 Å². The number of hydrogen-bond donors (Lipinski definition) is 0. The third kappa shape index (κ3) is 3.90. The molecule has 0 spiro atoms. The second-order valence-corrected chi connectivity index (χ2v) is 2.01.